The summed E-state index contributed by atoms with van der Waals surface area (Å²) in [6.07, 6.45) is -0.760. The molecule has 0 aliphatic carbocycles. The number of rotatable bonds is 4. The van der Waals surface area contributed by atoms with Crippen LogP contribution in [0.2, 0.25) is 0 Å². The molecule has 0 fully saturated rings. The first-order valence-electron chi connectivity index (χ1n) is 5.43. The van der Waals surface area contributed by atoms with Gasteiger partial charge in [-0.15, -0.1) is 0 Å². The van der Waals surface area contributed by atoms with Crippen molar-refractivity contribution in [2.75, 3.05) is 6.54 Å². The van der Waals surface area contributed by atoms with E-state index in [9.17, 15) is 23.1 Å². The van der Waals surface area contributed by atoms with Crippen LogP contribution in [0.15, 0.2) is 12.1 Å². The van der Waals surface area contributed by atoms with Crippen molar-refractivity contribution in [3.8, 4) is 0 Å². The van der Waals surface area contributed by atoms with E-state index >= 15 is 0 Å². The maximum Gasteiger partial charge on any atom is 0.251 e. The maximum atomic E-state index is 12.9. The minimum Gasteiger partial charge on any atom is -0.391 e. The first kappa shape index (κ1) is 14.5. The lowest BCUT2D eigenvalue weighted by atomic mass is 10.1. The van der Waals surface area contributed by atoms with Crippen LogP contribution in [-0.4, -0.2) is 23.7 Å². The maximum absolute atomic E-state index is 12.9. The van der Waals surface area contributed by atoms with Crippen LogP contribution < -0.4 is 5.32 Å². The molecule has 100 valence electrons. The zero-order valence-corrected chi connectivity index (χ0v) is 10.0. The highest BCUT2D eigenvalue weighted by atomic mass is 19.2. The summed E-state index contributed by atoms with van der Waals surface area (Å²) in [5, 5.41) is 11.8. The zero-order chi connectivity index (χ0) is 13.9. The van der Waals surface area contributed by atoms with E-state index in [4.69, 9.17) is 0 Å². The lowest BCUT2D eigenvalue weighted by Gasteiger charge is -2.15. The Labute approximate surface area is 103 Å². The fourth-order valence-corrected chi connectivity index (χ4v) is 1.22. The Hall–Kier alpha value is -1.56. The SMILES string of the molecule is CC(C)C(O)CNC(=O)c1cc(F)c(F)c(F)c1. The summed E-state index contributed by atoms with van der Waals surface area (Å²) in [7, 11) is 0. The van der Waals surface area contributed by atoms with Crippen molar-refractivity contribution in [2.24, 2.45) is 5.92 Å². The molecule has 3 nitrogen and oxygen atoms in total. The van der Waals surface area contributed by atoms with Gasteiger partial charge >= 0.3 is 0 Å². The van der Waals surface area contributed by atoms with E-state index in [0.29, 0.717) is 12.1 Å². The summed E-state index contributed by atoms with van der Waals surface area (Å²) in [5.41, 5.74) is -0.331. The summed E-state index contributed by atoms with van der Waals surface area (Å²) in [6, 6.07) is 1.21. The Morgan fingerprint density at radius 2 is 1.78 bits per heavy atom. The van der Waals surface area contributed by atoms with Crippen molar-refractivity contribution in [3.63, 3.8) is 0 Å². The molecule has 1 rings (SSSR count). The summed E-state index contributed by atoms with van der Waals surface area (Å²) < 4.78 is 38.4. The molecule has 0 saturated heterocycles. The lowest BCUT2D eigenvalue weighted by molar-refractivity contribution is 0.0870. The van der Waals surface area contributed by atoms with E-state index < -0.39 is 29.5 Å². The standard InChI is InChI=1S/C12H14F3NO2/c1-6(2)10(17)5-16-12(18)7-3-8(13)11(15)9(14)4-7/h3-4,6,10,17H,5H2,1-2H3,(H,16,18). The fraction of sp³-hybridized carbons (Fsp3) is 0.417. The summed E-state index contributed by atoms with van der Waals surface area (Å²) in [4.78, 5) is 11.5. The van der Waals surface area contributed by atoms with Gasteiger partial charge in [0.25, 0.3) is 5.91 Å². The van der Waals surface area contributed by atoms with Gasteiger partial charge in [0.2, 0.25) is 0 Å². The van der Waals surface area contributed by atoms with Gasteiger partial charge < -0.3 is 10.4 Å². The van der Waals surface area contributed by atoms with E-state index in [1.165, 1.54) is 0 Å². The highest BCUT2D eigenvalue weighted by Gasteiger charge is 2.16. The van der Waals surface area contributed by atoms with Crippen LogP contribution in [-0.2, 0) is 0 Å². The van der Waals surface area contributed by atoms with E-state index in [-0.39, 0.29) is 18.0 Å². The average Bonchev–Trinajstić information content (AvgIpc) is 2.31. The molecule has 0 aliphatic heterocycles. The number of halogens is 3. The van der Waals surface area contributed by atoms with E-state index in [1.807, 2.05) is 0 Å². The normalized spacial score (nSPS) is 12.6. The number of amides is 1. The third-order valence-corrected chi connectivity index (χ3v) is 2.49. The molecular formula is C12H14F3NO2. The van der Waals surface area contributed by atoms with Crippen molar-refractivity contribution in [1.82, 2.24) is 5.32 Å². The van der Waals surface area contributed by atoms with Crippen LogP contribution in [0, 0.1) is 23.4 Å². The van der Waals surface area contributed by atoms with Crippen molar-refractivity contribution >= 4 is 5.91 Å². The second-order valence-electron chi connectivity index (χ2n) is 4.28. The van der Waals surface area contributed by atoms with Gasteiger partial charge in [-0.3, -0.25) is 4.79 Å². The Morgan fingerprint density at radius 1 is 1.28 bits per heavy atom. The Bertz CT molecular complexity index is 426. The minimum absolute atomic E-state index is 0.0445. The van der Waals surface area contributed by atoms with Gasteiger partial charge in [0, 0.05) is 12.1 Å². The van der Waals surface area contributed by atoms with Gasteiger partial charge in [-0.2, -0.15) is 0 Å². The van der Waals surface area contributed by atoms with Gasteiger partial charge in [0.1, 0.15) is 0 Å². The molecule has 1 aromatic carbocycles. The summed E-state index contributed by atoms with van der Waals surface area (Å²) in [6.45, 7) is 3.47. The number of aliphatic hydroxyl groups excluding tert-OH is 1. The molecule has 18 heavy (non-hydrogen) atoms. The molecule has 0 heterocycles. The number of hydrogen-bond acceptors (Lipinski definition) is 2. The average molecular weight is 261 g/mol. The van der Waals surface area contributed by atoms with Crippen molar-refractivity contribution in [3.05, 3.63) is 35.1 Å². The van der Waals surface area contributed by atoms with Crippen LogP contribution in [0.4, 0.5) is 13.2 Å². The molecule has 0 radical (unpaired) electrons. The topological polar surface area (TPSA) is 49.3 Å². The zero-order valence-electron chi connectivity index (χ0n) is 10.0. The molecule has 0 saturated carbocycles. The number of aliphatic hydroxyl groups is 1. The summed E-state index contributed by atoms with van der Waals surface area (Å²) in [5.74, 6) is -5.30. The Morgan fingerprint density at radius 3 is 2.22 bits per heavy atom. The molecular weight excluding hydrogens is 247 g/mol. The molecule has 1 aromatic rings. The Kier molecular flexibility index (Phi) is 4.72. The smallest absolute Gasteiger partial charge is 0.251 e. The number of carbonyl (C=O) groups excluding carboxylic acids is 1. The largest absolute Gasteiger partial charge is 0.391 e. The first-order valence-corrected chi connectivity index (χ1v) is 5.43. The van der Waals surface area contributed by atoms with Crippen LogP contribution in [0.3, 0.4) is 0 Å². The van der Waals surface area contributed by atoms with E-state index in [0.717, 1.165) is 0 Å². The van der Waals surface area contributed by atoms with Gasteiger partial charge in [-0.05, 0) is 18.1 Å². The van der Waals surface area contributed by atoms with Crippen LogP contribution in [0.25, 0.3) is 0 Å². The lowest BCUT2D eigenvalue weighted by Crippen LogP contribution is -2.34. The molecule has 0 aliphatic rings. The predicted octanol–water partition coefficient (Wildman–Crippen LogP) is 1.85. The molecule has 6 heteroatoms. The molecule has 1 atom stereocenters. The van der Waals surface area contributed by atoms with Gasteiger partial charge in [0.15, 0.2) is 17.5 Å². The van der Waals surface area contributed by atoms with Gasteiger partial charge in [-0.25, -0.2) is 13.2 Å². The monoisotopic (exact) mass is 261 g/mol. The predicted molar refractivity (Wildman–Crippen MR) is 59.5 cm³/mol. The van der Waals surface area contributed by atoms with Crippen molar-refractivity contribution in [2.45, 2.75) is 20.0 Å². The van der Waals surface area contributed by atoms with Gasteiger partial charge in [0.05, 0.1) is 6.10 Å². The first-order chi connectivity index (χ1) is 8.32. The summed E-state index contributed by atoms with van der Waals surface area (Å²) >= 11 is 0. The molecule has 1 unspecified atom stereocenters. The molecule has 0 aromatic heterocycles. The molecule has 2 N–H and O–H groups in total. The third-order valence-electron chi connectivity index (χ3n) is 2.49. The second kappa shape index (κ2) is 5.86. The number of benzene rings is 1. The molecule has 0 spiro atoms. The number of carbonyl (C=O) groups is 1. The molecule has 1 amide bonds. The highest BCUT2D eigenvalue weighted by molar-refractivity contribution is 5.94. The Balaban J connectivity index is 2.73. The van der Waals surface area contributed by atoms with Gasteiger partial charge in [-0.1, -0.05) is 13.8 Å². The van der Waals surface area contributed by atoms with Crippen molar-refractivity contribution < 1.29 is 23.1 Å². The highest BCUT2D eigenvalue weighted by Crippen LogP contribution is 2.13. The van der Waals surface area contributed by atoms with E-state index in [1.54, 1.807) is 13.8 Å². The van der Waals surface area contributed by atoms with Crippen molar-refractivity contribution in [1.29, 1.82) is 0 Å². The fourth-order valence-electron chi connectivity index (χ4n) is 1.22. The van der Waals surface area contributed by atoms with Crippen LogP contribution >= 0.6 is 0 Å². The van der Waals surface area contributed by atoms with Crippen LogP contribution in [0.1, 0.15) is 24.2 Å². The number of nitrogens with one attached hydrogen (secondary N) is 1. The third kappa shape index (κ3) is 3.46. The minimum atomic E-state index is -1.62. The van der Waals surface area contributed by atoms with Crippen LogP contribution in [0.5, 0.6) is 0 Å². The number of hydrogen-bond donors (Lipinski definition) is 2. The second-order valence-corrected chi connectivity index (χ2v) is 4.28. The molecule has 0 bridgehead atoms. The van der Waals surface area contributed by atoms with E-state index in [2.05, 4.69) is 5.32 Å². The quantitative estimate of drug-likeness (QED) is 0.813.